The Morgan fingerprint density at radius 1 is 1.30 bits per heavy atom. The van der Waals surface area contributed by atoms with Gasteiger partial charge in [0, 0.05) is 11.3 Å². The summed E-state index contributed by atoms with van der Waals surface area (Å²) in [5.41, 5.74) is 0.0576. The Morgan fingerprint density at radius 3 is 2.50 bits per heavy atom. The molecule has 1 amide bonds. The van der Waals surface area contributed by atoms with E-state index < -0.39 is 23.4 Å². The van der Waals surface area contributed by atoms with Gasteiger partial charge in [0.05, 0.1) is 17.8 Å². The summed E-state index contributed by atoms with van der Waals surface area (Å²) in [6.07, 6.45) is 0.392. The minimum Gasteiger partial charge on any atom is -0.478 e. The average molecular weight is 299 g/mol. The Hall–Kier alpha value is -1.93. The lowest BCUT2D eigenvalue weighted by atomic mass is 9.93. The number of aliphatic carboxylic acids is 1. The summed E-state index contributed by atoms with van der Waals surface area (Å²) in [5, 5.41) is 20.0. The fourth-order valence-corrected chi connectivity index (χ4v) is 3.14. The number of hydrogen-bond acceptors (Lipinski definition) is 5. The molecule has 2 heterocycles. The van der Waals surface area contributed by atoms with Crippen molar-refractivity contribution >= 4 is 34.2 Å². The van der Waals surface area contributed by atoms with Crippen LogP contribution in [0.25, 0.3) is 0 Å². The van der Waals surface area contributed by atoms with Crippen molar-refractivity contribution in [3.05, 3.63) is 16.0 Å². The number of thiophene rings is 1. The van der Waals surface area contributed by atoms with E-state index in [-0.39, 0.29) is 17.2 Å². The number of hydrogen-bond donors (Lipinski definition) is 3. The molecule has 1 aromatic rings. The van der Waals surface area contributed by atoms with Crippen LogP contribution in [0.4, 0.5) is 5.00 Å². The zero-order valence-electron chi connectivity index (χ0n) is 10.8. The molecule has 3 N–H and O–H groups in total. The summed E-state index contributed by atoms with van der Waals surface area (Å²) < 4.78 is 5.58. The number of aromatic carboxylic acids is 1. The molecule has 1 aromatic heterocycles. The van der Waals surface area contributed by atoms with Gasteiger partial charge in [-0.15, -0.1) is 11.3 Å². The Bertz CT molecular complexity index is 603. The first kappa shape index (κ1) is 14.5. The van der Waals surface area contributed by atoms with E-state index in [0.29, 0.717) is 16.9 Å². The summed E-state index contributed by atoms with van der Waals surface area (Å²) >= 11 is 1.04. The molecule has 0 aliphatic carbocycles. The van der Waals surface area contributed by atoms with Crippen LogP contribution in [-0.2, 0) is 27.4 Å². The predicted molar refractivity (Wildman–Crippen MR) is 70.1 cm³/mol. The van der Waals surface area contributed by atoms with E-state index in [9.17, 15) is 19.5 Å². The third kappa shape index (κ3) is 2.66. The van der Waals surface area contributed by atoms with Crippen LogP contribution in [0.1, 0.15) is 34.6 Å². The number of carboxylic acids is 2. The molecule has 0 saturated carbocycles. The molecule has 0 fully saturated rings. The van der Waals surface area contributed by atoms with Crippen molar-refractivity contribution in [3.63, 3.8) is 0 Å². The second-order valence-corrected chi connectivity index (χ2v) is 6.10. The fourth-order valence-electron chi connectivity index (χ4n) is 2.02. The molecule has 0 spiro atoms. The maximum atomic E-state index is 11.4. The smallest absolute Gasteiger partial charge is 0.394 e. The van der Waals surface area contributed by atoms with Crippen molar-refractivity contribution in [2.75, 3.05) is 5.32 Å². The van der Waals surface area contributed by atoms with Gasteiger partial charge < -0.3 is 20.3 Å². The molecule has 0 aromatic carbocycles. The Kier molecular flexibility index (Phi) is 3.53. The molecule has 2 rings (SSSR count). The second kappa shape index (κ2) is 4.88. The van der Waals surface area contributed by atoms with E-state index in [1.165, 1.54) is 0 Å². The third-order valence-corrected chi connectivity index (χ3v) is 4.04. The van der Waals surface area contributed by atoms with Gasteiger partial charge in [-0.25, -0.2) is 9.59 Å². The Labute approximate surface area is 118 Å². The van der Waals surface area contributed by atoms with Gasteiger partial charge in [0.25, 0.3) is 0 Å². The normalized spacial score (nSPS) is 16.3. The van der Waals surface area contributed by atoms with Gasteiger partial charge in [-0.05, 0) is 19.4 Å². The lowest BCUT2D eigenvalue weighted by molar-refractivity contribution is -0.147. The highest BCUT2D eigenvalue weighted by atomic mass is 32.1. The molecule has 1 aliphatic heterocycles. The first-order valence-corrected chi connectivity index (χ1v) is 6.59. The highest BCUT2D eigenvalue weighted by molar-refractivity contribution is 7.17. The largest absolute Gasteiger partial charge is 0.478 e. The van der Waals surface area contributed by atoms with E-state index in [4.69, 9.17) is 9.84 Å². The third-order valence-electron chi connectivity index (χ3n) is 2.92. The van der Waals surface area contributed by atoms with Crippen LogP contribution in [0.3, 0.4) is 0 Å². The van der Waals surface area contributed by atoms with Crippen molar-refractivity contribution in [2.24, 2.45) is 0 Å². The van der Waals surface area contributed by atoms with Gasteiger partial charge in [-0.1, -0.05) is 0 Å². The van der Waals surface area contributed by atoms with Gasteiger partial charge in [0.2, 0.25) is 0 Å². The maximum Gasteiger partial charge on any atom is 0.394 e. The van der Waals surface area contributed by atoms with Crippen LogP contribution in [0.15, 0.2) is 0 Å². The Balaban J connectivity index is 2.44. The molecule has 0 saturated heterocycles. The van der Waals surface area contributed by atoms with Gasteiger partial charge in [0.1, 0.15) is 5.00 Å². The minimum atomic E-state index is -1.66. The van der Waals surface area contributed by atoms with Crippen molar-refractivity contribution in [1.29, 1.82) is 0 Å². The number of carbonyl (C=O) groups excluding carboxylic acids is 1. The van der Waals surface area contributed by atoms with Crippen LogP contribution >= 0.6 is 11.3 Å². The van der Waals surface area contributed by atoms with Crippen molar-refractivity contribution < 1.29 is 29.3 Å². The highest BCUT2D eigenvalue weighted by Gasteiger charge is 2.34. The zero-order valence-corrected chi connectivity index (χ0v) is 11.7. The monoisotopic (exact) mass is 299 g/mol. The summed E-state index contributed by atoms with van der Waals surface area (Å²) in [7, 11) is 0. The van der Waals surface area contributed by atoms with E-state index >= 15 is 0 Å². The number of nitrogens with one attached hydrogen (secondary N) is 1. The van der Waals surface area contributed by atoms with Crippen molar-refractivity contribution in [2.45, 2.75) is 32.5 Å². The Morgan fingerprint density at radius 2 is 1.95 bits per heavy atom. The highest BCUT2D eigenvalue weighted by Crippen LogP contribution is 2.40. The maximum absolute atomic E-state index is 11.4. The van der Waals surface area contributed by atoms with Crippen LogP contribution in [0.5, 0.6) is 0 Å². The average Bonchev–Trinajstić information content (AvgIpc) is 2.64. The molecule has 0 radical (unpaired) electrons. The topological polar surface area (TPSA) is 113 Å². The summed E-state index contributed by atoms with van der Waals surface area (Å²) in [4.78, 5) is 33.8. The van der Waals surface area contributed by atoms with Gasteiger partial charge in [-0.3, -0.25) is 4.79 Å². The van der Waals surface area contributed by atoms with Crippen molar-refractivity contribution in [3.8, 4) is 0 Å². The van der Waals surface area contributed by atoms with Gasteiger partial charge in [-0.2, -0.15) is 0 Å². The summed E-state index contributed by atoms with van der Waals surface area (Å²) in [6.45, 7) is 3.93. The van der Waals surface area contributed by atoms with Crippen LogP contribution in [-0.4, -0.2) is 33.7 Å². The molecule has 7 nitrogen and oxygen atoms in total. The second-order valence-electron chi connectivity index (χ2n) is 5.00. The summed E-state index contributed by atoms with van der Waals surface area (Å²) in [6, 6.07) is 0. The molecule has 0 bridgehead atoms. The van der Waals surface area contributed by atoms with Gasteiger partial charge >= 0.3 is 17.8 Å². The predicted octanol–water partition coefficient (Wildman–Crippen LogP) is 1.32. The van der Waals surface area contributed by atoms with Crippen LogP contribution in [0, 0.1) is 0 Å². The number of amides is 1. The quantitative estimate of drug-likeness (QED) is 0.710. The number of rotatable bonds is 2. The van der Waals surface area contributed by atoms with E-state index in [2.05, 4.69) is 5.32 Å². The molecule has 108 valence electrons. The molecule has 0 atom stereocenters. The number of carboxylic acid groups (broad SMARTS) is 2. The molecular weight excluding hydrogens is 286 g/mol. The minimum absolute atomic E-state index is 0.0381. The zero-order chi connectivity index (χ0) is 15.1. The first-order chi connectivity index (χ1) is 9.21. The molecular formula is C12H13NO6S. The SMILES string of the molecule is CC1(C)Cc2c(sc(NC(=O)C(=O)O)c2C(=O)O)CO1. The number of carbonyl (C=O) groups is 3. The van der Waals surface area contributed by atoms with E-state index in [1.807, 2.05) is 13.8 Å². The lowest BCUT2D eigenvalue weighted by Gasteiger charge is -2.30. The first-order valence-electron chi connectivity index (χ1n) is 5.77. The lowest BCUT2D eigenvalue weighted by Crippen LogP contribution is -2.31. The van der Waals surface area contributed by atoms with E-state index in [1.54, 1.807) is 0 Å². The molecule has 0 unspecified atom stereocenters. The molecule has 1 aliphatic rings. The van der Waals surface area contributed by atoms with E-state index in [0.717, 1.165) is 11.3 Å². The fraction of sp³-hybridized carbons (Fsp3) is 0.417. The summed E-state index contributed by atoms with van der Waals surface area (Å²) in [5.74, 6) is -4.11. The molecule has 8 heteroatoms. The number of anilines is 1. The van der Waals surface area contributed by atoms with Crippen LogP contribution < -0.4 is 5.32 Å². The van der Waals surface area contributed by atoms with Crippen molar-refractivity contribution in [1.82, 2.24) is 0 Å². The molecule has 20 heavy (non-hydrogen) atoms. The van der Waals surface area contributed by atoms with Gasteiger partial charge in [0.15, 0.2) is 0 Å². The standard InChI is InChI=1S/C12H13NO6S/c1-12(2)3-5-6(4-19-12)20-9(7(5)10(15)16)13-8(14)11(17)18/h3-4H2,1-2H3,(H,13,14)(H,15,16)(H,17,18). The van der Waals surface area contributed by atoms with Crippen LogP contribution in [0.2, 0.25) is 0 Å². The number of fused-ring (bicyclic) bond motifs is 1. The number of ether oxygens (including phenoxy) is 1.